The lowest BCUT2D eigenvalue weighted by molar-refractivity contribution is -0.0801. The predicted molar refractivity (Wildman–Crippen MR) is 112 cm³/mol. The Morgan fingerprint density at radius 1 is 0.897 bits per heavy atom. The van der Waals surface area contributed by atoms with E-state index in [2.05, 4.69) is 31.2 Å². The second-order valence-corrected chi connectivity index (χ2v) is 7.91. The van der Waals surface area contributed by atoms with E-state index in [1.54, 1.807) is 12.1 Å². The van der Waals surface area contributed by atoms with Crippen LogP contribution in [0.4, 0.5) is 13.2 Å². The highest BCUT2D eigenvalue weighted by Gasteiger charge is 2.22. The zero-order valence-corrected chi connectivity index (χ0v) is 16.9. The van der Waals surface area contributed by atoms with Crippen molar-refractivity contribution in [3.8, 4) is 16.9 Å². The van der Waals surface area contributed by atoms with E-state index in [1.807, 2.05) is 12.1 Å². The van der Waals surface area contributed by atoms with Crippen molar-refractivity contribution in [3.05, 3.63) is 66.2 Å². The monoisotopic (exact) mass is 402 g/mol. The molecule has 0 amide bonds. The largest absolute Gasteiger partial charge is 0.490 e. The van der Waals surface area contributed by atoms with Crippen LogP contribution in [0, 0.1) is 5.92 Å². The van der Waals surface area contributed by atoms with Crippen LogP contribution in [-0.4, -0.2) is 12.8 Å². The first-order valence-electron chi connectivity index (χ1n) is 10.5. The summed E-state index contributed by atoms with van der Waals surface area (Å²) in [6, 6.07) is 16.3. The van der Waals surface area contributed by atoms with Crippen LogP contribution in [0.3, 0.4) is 0 Å². The molecule has 156 valence electrons. The summed E-state index contributed by atoms with van der Waals surface area (Å²) in [7, 11) is 0. The molecule has 1 nitrogen and oxygen atoms in total. The topological polar surface area (TPSA) is 9.23 Å². The minimum absolute atomic E-state index is 0.103. The molecule has 0 spiro atoms. The summed E-state index contributed by atoms with van der Waals surface area (Å²) in [6.07, 6.45) is 4.80. The number of alkyl halides is 3. The molecule has 0 aromatic heterocycles. The standard InChI is InChI=1S/C25H29F3O/c1-2-4-19-5-7-20(8-6-19)21-9-11-22(12-10-21)23-13-15-24(16-14-23)29-18-3-17-25(26,27)28/h3,9-17,19-20H,2,4-8,18H2,1H3. The Morgan fingerprint density at radius 2 is 1.48 bits per heavy atom. The van der Waals surface area contributed by atoms with Gasteiger partial charge in [0.05, 0.1) is 0 Å². The molecule has 0 unspecified atom stereocenters. The lowest BCUT2D eigenvalue weighted by atomic mass is 9.77. The van der Waals surface area contributed by atoms with Gasteiger partial charge in [0, 0.05) is 6.08 Å². The van der Waals surface area contributed by atoms with Gasteiger partial charge in [0.2, 0.25) is 0 Å². The highest BCUT2D eigenvalue weighted by atomic mass is 19.4. The average molecular weight is 403 g/mol. The molecule has 0 N–H and O–H groups in total. The third kappa shape index (κ3) is 6.66. The van der Waals surface area contributed by atoms with Crippen molar-refractivity contribution in [2.45, 2.75) is 57.5 Å². The summed E-state index contributed by atoms with van der Waals surface area (Å²) in [4.78, 5) is 0. The molecule has 3 rings (SSSR count). The zero-order chi connectivity index (χ0) is 20.7. The third-order valence-corrected chi connectivity index (χ3v) is 5.77. The van der Waals surface area contributed by atoms with Crippen molar-refractivity contribution >= 4 is 0 Å². The van der Waals surface area contributed by atoms with E-state index in [9.17, 15) is 13.2 Å². The van der Waals surface area contributed by atoms with Crippen molar-refractivity contribution in [1.29, 1.82) is 0 Å². The molecule has 0 atom stereocenters. The Labute approximate surface area is 171 Å². The van der Waals surface area contributed by atoms with Gasteiger partial charge in [-0.3, -0.25) is 0 Å². The van der Waals surface area contributed by atoms with Gasteiger partial charge < -0.3 is 4.74 Å². The van der Waals surface area contributed by atoms with Crippen molar-refractivity contribution < 1.29 is 17.9 Å². The average Bonchev–Trinajstić information content (AvgIpc) is 2.72. The van der Waals surface area contributed by atoms with E-state index >= 15 is 0 Å². The van der Waals surface area contributed by atoms with Crippen LogP contribution < -0.4 is 4.74 Å². The highest BCUT2D eigenvalue weighted by Crippen LogP contribution is 2.38. The maximum atomic E-state index is 12.1. The molecule has 2 aromatic rings. The highest BCUT2D eigenvalue weighted by molar-refractivity contribution is 5.64. The number of halogens is 3. The molecular formula is C25H29F3O. The van der Waals surface area contributed by atoms with Crippen LogP contribution >= 0.6 is 0 Å². The van der Waals surface area contributed by atoms with E-state index in [0.717, 1.165) is 23.1 Å². The van der Waals surface area contributed by atoms with Crippen LogP contribution in [0.1, 0.15) is 56.9 Å². The van der Waals surface area contributed by atoms with E-state index < -0.39 is 6.18 Å². The van der Waals surface area contributed by atoms with Crippen LogP contribution in [-0.2, 0) is 0 Å². The van der Waals surface area contributed by atoms with Crippen molar-refractivity contribution in [1.82, 2.24) is 0 Å². The molecule has 1 aliphatic carbocycles. The molecule has 29 heavy (non-hydrogen) atoms. The maximum Gasteiger partial charge on any atom is 0.409 e. The van der Waals surface area contributed by atoms with E-state index in [4.69, 9.17) is 4.74 Å². The Morgan fingerprint density at radius 3 is 2.03 bits per heavy atom. The fourth-order valence-electron chi connectivity index (χ4n) is 4.21. The summed E-state index contributed by atoms with van der Waals surface area (Å²) >= 11 is 0. The lowest BCUT2D eigenvalue weighted by Gasteiger charge is -2.28. The van der Waals surface area contributed by atoms with Gasteiger partial charge >= 0.3 is 6.18 Å². The van der Waals surface area contributed by atoms with Gasteiger partial charge in [-0.2, -0.15) is 13.2 Å². The second kappa shape index (κ2) is 10.00. The van der Waals surface area contributed by atoms with Crippen LogP contribution in [0.2, 0.25) is 0 Å². The van der Waals surface area contributed by atoms with Crippen LogP contribution in [0.25, 0.3) is 11.1 Å². The normalized spacial score (nSPS) is 20.1. The van der Waals surface area contributed by atoms with Crippen LogP contribution in [0.5, 0.6) is 5.75 Å². The molecule has 0 aliphatic heterocycles. The summed E-state index contributed by atoms with van der Waals surface area (Å²) in [5, 5.41) is 0. The van der Waals surface area contributed by atoms with Crippen molar-refractivity contribution in [3.63, 3.8) is 0 Å². The summed E-state index contributed by atoms with van der Waals surface area (Å²) in [5.41, 5.74) is 3.64. The van der Waals surface area contributed by atoms with E-state index in [-0.39, 0.29) is 12.7 Å². The number of benzene rings is 2. The molecule has 1 fully saturated rings. The number of hydrogen-bond donors (Lipinski definition) is 0. The number of ether oxygens (including phenoxy) is 1. The molecule has 0 heterocycles. The summed E-state index contributed by atoms with van der Waals surface area (Å²) in [6.45, 7) is 2.17. The van der Waals surface area contributed by atoms with Gasteiger partial charge in [-0.25, -0.2) is 0 Å². The van der Waals surface area contributed by atoms with Gasteiger partial charge in [-0.1, -0.05) is 56.2 Å². The molecule has 0 saturated heterocycles. The third-order valence-electron chi connectivity index (χ3n) is 5.77. The van der Waals surface area contributed by atoms with Gasteiger partial charge in [0.25, 0.3) is 0 Å². The Kier molecular flexibility index (Phi) is 7.40. The molecule has 1 aliphatic rings. The Bertz CT molecular complexity index is 767. The predicted octanol–water partition coefficient (Wildman–Crippen LogP) is 7.92. The molecule has 0 radical (unpaired) electrons. The number of rotatable bonds is 7. The maximum absolute atomic E-state index is 12.1. The summed E-state index contributed by atoms with van der Waals surface area (Å²) < 4.78 is 41.6. The zero-order valence-electron chi connectivity index (χ0n) is 16.9. The first kappa shape index (κ1) is 21.5. The fraction of sp³-hybridized carbons (Fsp3) is 0.440. The fourth-order valence-corrected chi connectivity index (χ4v) is 4.21. The minimum atomic E-state index is -4.30. The van der Waals surface area contributed by atoms with Gasteiger partial charge in [-0.15, -0.1) is 0 Å². The molecule has 0 bridgehead atoms. The Hall–Kier alpha value is -2.23. The lowest BCUT2D eigenvalue weighted by Crippen LogP contribution is -2.13. The van der Waals surface area contributed by atoms with Gasteiger partial charge in [0.1, 0.15) is 12.4 Å². The molecular weight excluding hydrogens is 373 g/mol. The smallest absolute Gasteiger partial charge is 0.409 e. The minimum Gasteiger partial charge on any atom is -0.490 e. The van der Waals surface area contributed by atoms with Crippen molar-refractivity contribution in [2.75, 3.05) is 6.61 Å². The molecule has 4 heteroatoms. The number of allylic oxidation sites excluding steroid dienone is 1. The van der Waals surface area contributed by atoms with Gasteiger partial charge in [-0.05, 0) is 72.4 Å². The molecule has 1 saturated carbocycles. The van der Waals surface area contributed by atoms with E-state index in [1.165, 1.54) is 44.1 Å². The van der Waals surface area contributed by atoms with Gasteiger partial charge in [0.15, 0.2) is 0 Å². The Balaban J connectivity index is 1.54. The van der Waals surface area contributed by atoms with E-state index in [0.29, 0.717) is 11.7 Å². The number of hydrogen-bond acceptors (Lipinski definition) is 1. The van der Waals surface area contributed by atoms with Crippen molar-refractivity contribution in [2.24, 2.45) is 5.92 Å². The summed E-state index contributed by atoms with van der Waals surface area (Å²) in [5.74, 6) is 2.15. The first-order chi connectivity index (χ1) is 13.9. The second-order valence-electron chi connectivity index (χ2n) is 7.91. The first-order valence-corrected chi connectivity index (χ1v) is 10.5. The van der Waals surface area contributed by atoms with Crippen LogP contribution in [0.15, 0.2) is 60.7 Å². The SMILES string of the molecule is CCCC1CCC(c2ccc(-c3ccc(OCC=CC(F)(F)F)cc3)cc2)CC1. The molecule has 2 aromatic carbocycles. The quantitative estimate of drug-likeness (QED) is 0.427.